The smallest absolute Gasteiger partial charge is 0.160 e. The van der Waals surface area contributed by atoms with Gasteiger partial charge in [0.15, 0.2) is 11.5 Å². The summed E-state index contributed by atoms with van der Waals surface area (Å²) >= 11 is 0. The Labute approximate surface area is 362 Å². The molecule has 296 valence electrons. The molecule has 0 bridgehead atoms. The van der Waals surface area contributed by atoms with E-state index in [1.165, 1.54) is 32.3 Å². The van der Waals surface area contributed by atoms with Crippen LogP contribution in [0.4, 0.5) is 0 Å². The van der Waals surface area contributed by atoms with Crippen LogP contribution in [0.2, 0.25) is 0 Å². The highest BCUT2D eigenvalue weighted by molar-refractivity contribution is 6.23. The number of nitrogens with one attached hydrogen (secondary N) is 1. The Bertz CT molecular complexity index is 3910. The molecule has 0 spiro atoms. The van der Waals surface area contributed by atoms with Gasteiger partial charge in [0.05, 0.1) is 22.1 Å². The minimum Gasteiger partial charge on any atom is -0.456 e. The van der Waals surface area contributed by atoms with E-state index in [1.807, 2.05) is 6.07 Å². The molecule has 5 nitrogen and oxygen atoms in total. The first-order valence-corrected chi connectivity index (χ1v) is 21.5. The summed E-state index contributed by atoms with van der Waals surface area (Å²) in [5.41, 5.74) is 9.04. The third kappa shape index (κ3) is 5.49. The molecule has 13 rings (SSSR count). The number of benzene rings is 10. The number of aromatic nitrogens is 1. The van der Waals surface area contributed by atoms with Crippen LogP contribution in [0.25, 0.3) is 92.9 Å². The largest absolute Gasteiger partial charge is 0.456 e. The second-order valence-electron chi connectivity index (χ2n) is 16.7. The molecule has 0 saturated heterocycles. The number of hydrogen-bond acceptors (Lipinski definition) is 4. The van der Waals surface area contributed by atoms with Crippen LogP contribution in [-0.2, 0) is 5.66 Å². The Morgan fingerprint density at radius 1 is 0.476 bits per heavy atom. The summed E-state index contributed by atoms with van der Waals surface area (Å²) in [6, 6.07) is 73.3. The van der Waals surface area contributed by atoms with Crippen LogP contribution in [0, 0.1) is 0 Å². The maximum Gasteiger partial charge on any atom is 0.160 e. The number of aliphatic imine (C=N–C) groups is 2. The first-order chi connectivity index (χ1) is 31.1. The van der Waals surface area contributed by atoms with Crippen molar-refractivity contribution in [2.75, 3.05) is 0 Å². The van der Waals surface area contributed by atoms with Crippen LogP contribution < -0.4 is 5.32 Å². The molecule has 0 aliphatic carbocycles. The van der Waals surface area contributed by atoms with Gasteiger partial charge in [0.1, 0.15) is 17.0 Å². The van der Waals surface area contributed by atoms with Crippen LogP contribution >= 0.6 is 0 Å². The van der Waals surface area contributed by atoms with Crippen LogP contribution in [-0.4, -0.2) is 16.2 Å². The summed E-state index contributed by atoms with van der Waals surface area (Å²) in [6.45, 7) is 2.15. The molecule has 0 saturated carbocycles. The number of fused-ring (bicyclic) bond motifs is 10. The molecule has 0 amide bonds. The van der Waals surface area contributed by atoms with E-state index in [9.17, 15) is 0 Å². The van der Waals surface area contributed by atoms with E-state index in [-0.39, 0.29) is 0 Å². The fourth-order valence-corrected chi connectivity index (χ4v) is 10.0. The fraction of sp³-hybridized carbons (Fsp3) is 0.0345. The third-order valence-electron chi connectivity index (χ3n) is 13.0. The highest BCUT2D eigenvalue weighted by Crippen LogP contribution is 2.44. The zero-order chi connectivity index (χ0) is 41.6. The molecule has 5 heteroatoms. The third-order valence-corrected chi connectivity index (χ3v) is 13.0. The molecule has 1 atom stereocenters. The summed E-state index contributed by atoms with van der Waals surface area (Å²) < 4.78 is 9.48. The Hall–Kier alpha value is -8.28. The van der Waals surface area contributed by atoms with Crippen molar-refractivity contribution in [3.8, 4) is 16.8 Å². The Balaban J connectivity index is 1.08. The van der Waals surface area contributed by atoms with Crippen molar-refractivity contribution < 1.29 is 4.42 Å². The molecule has 2 aromatic heterocycles. The summed E-state index contributed by atoms with van der Waals surface area (Å²) in [6.07, 6.45) is 0. The van der Waals surface area contributed by atoms with Crippen LogP contribution in [0.5, 0.6) is 0 Å². The second-order valence-corrected chi connectivity index (χ2v) is 16.7. The molecule has 1 aliphatic rings. The van der Waals surface area contributed by atoms with Crippen molar-refractivity contribution in [3.63, 3.8) is 0 Å². The molecule has 10 aromatic carbocycles. The Kier molecular flexibility index (Phi) is 7.67. The predicted octanol–water partition coefficient (Wildman–Crippen LogP) is 14.5. The summed E-state index contributed by atoms with van der Waals surface area (Å²) in [7, 11) is 0. The zero-order valence-corrected chi connectivity index (χ0v) is 34.4. The highest BCUT2D eigenvalue weighted by atomic mass is 16.3. The lowest BCUT2D eigenvalue weighted by atomic mass is 9.94. The number of hydrogen-bond donors (Lipinski definition) is 1. The number of furan rings is 1. The van der Waals surface area contributed by atoms with Crippen molar-refractivity contribution in [3.05, 3.63) is 223 Å². The topological polar surface area (TPSA) is 54.8 Å². The van der Waals surface area contributed by atoms with Gasteiger partial charge in [0.25, 0.3) is 0 Å². The first kappa shape index (κ1) is 35.5. The molecule has 1 unspecified atom stereocenters. The monoisotopic (exact) mass is 806 g/mol. The molecular weight excluding hydrogens is 769 g/mol. The van der Waals surface area contributed by atoms with E-state index >= 15 is 0 Å². The van der Waals surface area contributed by atoms with Gasteiger partial charge in [-0.15, -0.1) is 0 Å². The number of para-hydroxylation sites is 2. The van der Waals surface area contributed by atoms with E-state index in [2.05, 4.69) is 217 Å². The van der Waals surface area contributed by atoms with Gasteiger partial charge in [0.2, 0.25) is 0 Å². The molecule has 12 aromatic rings. The maximum absolute atomic E-state index is 7.06. The first-order valence-electron chi connectivity index (χ1n) is 21.5. The van der Waals surface area contributed by atoms with Crippen LogP contribution in [0.15, 0.2) is 221 Å². The van der Waals surface area contributed by atoms with Gasteiger partial charge in [-0.1, -0.05) is 158 Å². The molecule has 1 aliphatic heterocycles. The van der Waals surface area contributed by atoms with Gasteiger partial charge < -0.3 is 14.3 Å². The van der Waals surface area contributed by atoms with Crippen molar-refractivity contribution in [2.45, 2.75) is 12.6 Å². The van der Waals surface area contributed by atoms with E-state index in [0.717, 1.165) is 83.1 Å². The highest BCUT2D eigenvalue weighted by Gasteiger charge is 2.36. The van der Waals surface area contributed by atoms with Crippen molar-refractivity contribution in [2.24, 2.45) is 9.98 Å². The second kappa shape index (κ2) is 13.6. The molecule has 1 N–H and O–H groups in total. The van der Waals surface area contributed by atoms with Crippen LogP contribution in [0.3, 0.4) is 0 Å². The zero-order valence-electron chi connectivity index (χ0n) is 34.4. The van der Waals surface area contributed by atoms with Gasteiger partial charge >= 0.3 is 0 Å². The van der Waals surface area contributed by atoms with E-state index in [4.69, 9.17) is 14.4 Å². The normalized spacial score (nSPS) is 15.4. The average molecular weight is 807 g/mol. The average Bonchev–Trinajstić information content (AvgIpc) is 3.89. The summed E-state index contributed by atoms with van der Waals surface area (Å²) in [5, 5.41) is 15.4. The van der Waals surface area contributed by atoms with Gasteiger partial charge in [-0.3, -0.25) is 0 Å². The lowest BCUT2D eigenvalue weighted by molar-refractivity contribution is 0.452. The van der Waals surface area contributed by atoms with E-state index in [0.29, 0.717) is 5.84 Å². The van der Waals surface area contributed by atoms with Gasteiger partial charge in [-0.2, -0.15) is 0 Å². The molecule has 3 heterocycles. The fourth-order valence-electron chi connectivity index (χ4n) is 10.0. The predicted molar refractivity (Wildman–Crippen MR) is 262 cm³/mol. The number of rotatable bonds is 5. The lowest BCUT2D eigenvalue weighted by Crippen LogP contribution is -2.46. The Morgan fingerprint density at radius 3 is 1.97 bits per heavy atom. The van der Waals surface area contributed by atoms with Crippen molar-refractivity contribution >= 4 is 87.7 Å². The molecule has 0 radical (unpaired) electrons. The summed E-state index contributed by atoms with van der Waals surface area (Å²) in [4.78, 5) is 11.1. The molecule has 63 heavy (non-hydrogen) atoms. The van der Waals surface area contributed by atoms with Crippen molar-refractivity contribution in [1.29, 1.82) is 0 Å². The number of nitrogens with zero attached hydrogens (tertiary/aromatic N) is 3. The minimum absolute atomic E-state index is 0.654. The van der Waals surface area contributed by atoms with Gasteiger partial charge in [-0.05, 0) is 98.9 Å². The molecule has 0 fully saturated rings. The lowest BCUT2D eigenvalue weighted by Gasteiger charge is -2.33. The van der Waals surface area contributed by atoms with E-state index in [1.54, 1.807) is 0 Å². The van der Waals surface area contributed by atoms with Gasteiger partial charge in [-0.25, -0.2) is 9.98 Å². The van der Waals surface area contributed by atoms with Gasteiger partial charge in [0, 0.05) is 32.8 Å². The molecular formula is C58H38N4O. The summed E-state index contributed by atoms with van der Waals surface area (Å²) in [5.74, 6) is 1.39. The Morgan fingerprint density at radius 2 is 1.13 bits per heavy atom. The minimum atomic E-state index is -1.01. The maximum atomic E-state index is 7.06. The SMILES string of the molecule is CC1(c2ccc(-n3c4ccccc4c4cc5ccccc5cc43)c3c2oc2ccccc23)N=C(c2cc3ccccc3c3ccccc23)N=C(c2cccc(-c3ccccc3)c2)N1. The van der Waals surface area contributed by atoms with Crippen molar-refractivity contribution in [1.82, 2.24) is 9.88 Å². The standard InChI is InChI=1S/C58H38N4O/c1-58(49-30-31-51(54-46-27-12-14-29-53(46)63-55(49)54)62-50-28-13-11-26-45(50)47-33-38-18-5-6-19-39(38)35-52(47)62)60-56(41-22-15-21-37(32-41)36-16-3-2-4-17-36)59-57(61-58)48-34-40-20-7-8-23-42(40)43-24-9-10-25-44(43)48/h2-35H,1H3,(H,59,60,61). The van der Waals surface area contributed by atoms with Crippen LogP contribution in [0.1, 0.15) is 23.6 Å². The van der Waals surface area contributed by atoms with E-state index < -0.39 is 5.66 Å². The quantitative estimate of drug-likeness (QED) is 0.176. The number of amidine groups is 2.